The number of benzene rings is 1. The first-order chi connectivity index (χ1) is 10.1. The second kappa shape index (κ2) is 5.12. The molecule has 0 aliphatic carbocycles. The van der Waals surface area contributed by atoms with Gasteiger partial charge in [-0.15, -0.1) is 0 Å². The highest BCUT2D eigenvalue weighted by Gasteiger charge is 2.40. The van der Waals surface area contributed by atoms with Crippen molar-refractivity contribution in [1.29, 1.82) is 0 Å². The van der Waals surface area contributed by atoms with E-state index in [9.17, 15) is 9.59 Å². The second-order valence-electron chi connectivity index (χ2n) is 4.88. The predicted octanol–water partition coefficient (Wildman–Crippen LogP) is 1.59. The molecule has 0 saturated heterocycles. The Balaban J connectivity index is 1.97. The minimum Gasteiger partial charge on any atom is -0.494 e. The zero-order valence-corrected chi connectivity index (χ0v) is 11.9. The van der Waals surface area contributed by atoms with Crippen molar-refractivity contribution in [3.8, 4) is 5.75 Å². The van der Waals surface area contributed by atoms with E-state index in [4.69, 9.17) is 9.47 Å². The van der Waals surface area contributed by atoms with Gasteiger partial charge in [0, 0.05) is 7.05 Å². The third-order valence-electron chi connectivity index (χ3n) is 3.66. The topological polar surface area (TPSA) is 67.9 Å². The van der Waals surface area contributed by atoms with Crippen molar-refractivity contribution in [2.45, 2.75) is 13.0 Å². The number of rotatable bonds is 3. The molecule has 0 spiro atoms. The van der Waals surface area contributed by atoms with Crippen LogP contribution in [0.15, 0.2) is 35.5 Å². The number of hydrogen-bond donors (Lipinski definition) is 1. The van der Waals surface area contributed by atoms with Gasteiger partial charge in [0.05, 0.1) is 23.9 Å². The maximum atomic E-state index is 12.0. The quantitative estimate of drug-likeness (QED) is 0.858. The first-order valence-corrected chi connectivity index (χ1v) is 6.79. The Kier molecular flexibility index (Phi) is 3.29. The number of likely N-dealkylation sites (N-methyl/N-ethyl adjacent to an activating group) is 1. The van der Waals surface area contributed by atoms with Crippen LogP contribution in [0, 0.1) is 0 Å². The van der Waals surface area contributed by atoms with E-state index in [-0.39, 0.29) is 18.6 Å². The summed E-state index contributed by atoms with van der Waals surface area (Å²) in [5.41, 5.74) is 1.95. The Bertz CT molecular complexity index is 621. The van der Waals surface area contributed by atoms with Crippen LogP contribution in [0.1, 0.15) is 18.5 Å². The fraction of sp³-hybridized carbons (Fsp3) is 0.333. The Morgan fingerprint density at radius 1 is 1.33 bits per heavy atom. The van der Waals surface area contributed by atoms with Gasteiger partial charge in [-0.05, 0) is 24.6 Å². The smallest absolute Gasteiger partial charge is 0.338 e. The van der Waals surface area contributed by atoms with Gasteiger partial charge in [-0.2, -0.15) is 0 Å². The van der Waals surface area contributed by atoms with Crippen LogP contribution >= 0.6 is 0 Å². The molecular weight excluding hydrogens is 272 g/mol. The second-order valence-corrected chi connectivity index (χ2v) is 4.88. The van der Waals surface area contributed by atoms with Gasteiger partial charge < -0.3 is 14.8 Å². The number of esters is 1. The van der Waals surface area contributed by atoms with Gasteiger partial charge in [0.2, 0.25) is 0 Å². The van der Waals surface area contributed by atoms with Crippen LogP contribution < -0.4 is 10.1 Å². The minimum absolute atomic E-state index is 0.144. The number of ether oxygens (including phenoxy) is 2. The van der Waals surface area contributed by atoms with E-state index in [1.807, 2.05) is 31.2 Å². The lowest BCUT2D eigenvalue weighted by Gasteiger charge is -2.30. The number of carbonyl (C=O) groups excluding carboxylic acids is 2. The number of nitrogens with one attached hydrogen (secondary N) is 1. The van der Waals surface area contributed by atoms with Crippen LogP contribution in [0.4, 0.5) is 4.79 Å². The van der Waals surface area contributed by atoms with Crippen LogP contribution in [-0.2, 0) is 9.53 Å². The third-order valence-corrected chi connectivity index (χ3v) is 3.66. The molecule has 1 atom stereocenters. The van der Waals surface area contributed by atoms with E-state index in [0.29, 0.717) is 17.9 Å². The largest absolute Gasteiger partial charge is 0.494 e. The van der Waals surface area contributed by atoms with Crippen molar-refractivity contribution in [2.24, 2.45) is 0 Å². The van der Waals surface area contributed by atoms with Crippen molar-refractivity contribution in [2.75, 3.05) is 20.3 Å². The van der Waals surface area contributed by atoms with E-state index in [2.05, 4.69) is 5.32 Å². The van der Waals surface area contributed by atoms with Gasteiger partial charge in [0.1, 0.15) is 12.4 Å². The average Bonchev–Trinajstić information content (AvgIpc) is 2.87. The highest BCUT2D eigenvalue weighted by Crippen LogP contribution is 2.34. The van der Waals surface area contributed by atoms with Crippen molar-refractivity contribution in [1.82, 2.24) is 10.2 Å². The summed E-state index contributed by atoms with van der Waals surface area (Å²) in [4.78, 5) is 25.3. The number of hydrogen-bond acceptors (Lipinski definition) is 4. The summed E-state index contributed by atoms with van der Waals surface area (Å²) < 4.78 is 10.5. The summed E-state index contributed by atoms with van der Waals surface area (Å²) in [7, 11) is 1.63. The third kappa shape index (κ3) is 2.22. The number of urea groups is 1. The van der Waals surface area contributed by atoms with E-state index >= 15 is 0 Å². The summed E-state index contributed by atoms with van der Waals surface area (Å²) in [6, 6.07) is 6.61. The molecule has 21 heavy (non-hydrogen) atoms. The van der Waals surface area contributed by atoms with Crippen molar-refractivity contribution >= 4 is 12.0 Å². The lowest BCUT2D eigenvalue weighted by molar-refractivity contribution is -0.136. The lowest BCUT2D eigenvalue weighted by atomic mass is 9.96. The maximum Gasteiger partial charge on any atom is 0.338 e. The molecule has 2 aliphatic heterocycles. The molecule has 3 rings (SSSR count). The highest BCUT2D eigenvalue weighted by molar-refractivity contribution is 5.97. The molecule has 0 radical (unpaired) electrons. The Hall–Kier alpha value is -2.50. The van der Waals surface area contributed by atoms with Crippen molar-refractivity contribution in [3.63, 3.8) is 0 Å². The SMILES string of the molecule is CCOc1ccc([C@H]2NC(=O)N(C)C3=C2C(=O)OC3)cc1. The standard InChI is InChI=1S/C15H16N2O4/c1-3-20-10-6-4-9(5-7-10)13-12-11(8-21-14(12)18)17(2)15(19)16-13/h4-7,13H,3,8H2,1-2H3,(H,16,19)/t13-/m1/s1. The zero-order chi connectivity index (χ0) is 15.0. The zero-order valence-electron chi connectivity index (χ0n) is 11.9. The summed E-state index contributed by atoms with van der Waals surface area (Å²) in [6.07, 6.45) is 0. The van der Waals surface area contributed by atoms with E-state index in [1.165, 1.54) is 4.90 Å². The molecule has 6 nitrogen and oxygen atoms in total. The molecule has 6 heteroatoms. The molecule has 0 unspecified atom stereocenters. The average molecular weight is 288 g/mol. The molecule has 0 aromatic heterocycles. The predicted molar refractivity (Wildman–Crippen MR) is 74.6 cm³/mol. The van der Waals surface area contributed by atoms with Crippen LogP contribution in [0.25, 0.3) is 0 Å². The van der Waals surface area contributed by atoms with Crippen LogP contribution in [0.2, 0.25) is 0 Å². The number of amides is 2. The molecule has 0 saturated carbocycles. The Morgan fingerprint density at radius 3 is 2.71 bits per heavy atom. The van der Waals surface area contributed by atoms with Crippen molar-refractivity contribution in [3.05, 3.63) is 41.1 Å². The van der Waals surface area contributed by atoms with E-state index < -0.39 is 6.04 Å². The van der Waals surface area contributed by atoms with Gasteiger partial charge in [-0.3, -0.25) is 4.90 Å². The van der Waals surface area contributed by atoms with Crippen LogP contribution in [-0.4, -0.2) is 37.2 Å². The molecule has 2 amide bonds. The molecular formula is C15H16N2O4. The molecule has 2 aliphatic rings. The minimum atomic E-state index is -0.477. The van der Waals surface area contributed by atoms with Gasteiger partial charge in [-0.1, -0.05) is 12.1 Å². The first kappa shape index (κ1) is 13.5. The summed E-state index contributed by atoms with van der Waals surface area (Å²) in [5, 5.41) is 2.82. The molecule has 0 fully saturated rings. The Morgan fingerprint density at radius 2 is 2.05 bits per heavy atom. The molecule has 0 bridgehead atoms. The monoisotopic (exact) mass is 288 g/mol. The fourth-order valence-corrected chi connectivity index (χ4v) is 2.56. The van der Waals surface area contributed by atoms with Crippen LogP contribution in [0.3, 0.4) is 0 Å². The van der Waals surface area contributed by atoms with Gasteiger partial charge >= 0.3 is 12.0 Å². The fourth-order valence-electron chi connectivity index (χ4n) is 2.56. The van der Waals surface area contributed by atoms with Gasteiger partial charge in [0.15, 0.2) is 0 Å². The van der Waals surface area contributed by atoms with Gasteiger partial charge in [0.25, 0.3) is 0 Å². The molecule has 1 aromatic rings. The summed E-state index contributed by atoms with van der Waals surface area (Å²) in [6.45, 7) is 2.65. The van der Waals surface area contributed by atoms with E-state index in [1.54, 1.807) is 7.05 Å². The maximum absolute atomic E-state index is 12.0. The van der Waals surface area contributed by atoms with E-state index in [0.717, 1.165) is 11.3 Å². The number of cyclic esters (lactones) is 1. The van der Waals surface area contributed by atoms with Crippen molar-refractivity contribution < 1.29 is 19.1 Å². The first-order valence-electron chi connectivity index (χ1n) is 6.79. The molecule has 110 valence electrons. The Labute approximate surface area is 122 Å². The highest BCUT2D eigenvalue weighted by atomic mass is 16.5. The van der Waals surface area contributed by atoms with Gasteiger partial charge in [-0.25, -0.2) is 9.59 Å². The normalized spacial score (nSPS) is 21.0. The molecule has 1 N–H and O–H groups in total. The molecule has 1 aromatic carbocycles. The summed E-state index contributed by atoms with van der Waals surface area (Å²) in [5.74, 6) is 0.374. The molecule has 2 heterocycles. The summed E-state index contributed by atoms with van der Waals surface area (Å²) >= 11 is 0. The van der Waals surface area contributed by atoms with Crippen LogP contribution in [0.5, 0.6) is 5.75 Å². The number of carbonyl (C=O) groups is 2. The number of nitrogens with zero attached hydrogens (tertiary/aromatic N) is 1. The lowest BCUT2D eigenvalue weighted by Crippen LogP contribution is -2.45.